The van der Waals surface area contributed by atoms with E-state index in [0.29, 0.717) is 5.78 Å². The fraction of sp³-hybridized carbons (Fsp3) is 0.667. The lowest BCUT2D eigenvalue weighted by Crippen LogP contribution is -2.25. The predicted octanol–water partition coefficient (Wildman–Crippen LogP) is 4.44. The van der Waals surface area contributed by atoms with Gasteiger partial charge in [-0.1, -0.05) is 11.1 Å². The second-order valence-corrected chi connectivity index (χ2v) is 5.47. The van der Waals surface area contributed by atoms with Gasteiger partial charge in [0.05, 0.1) is 0 Å². The van der Waals surface area contributed by atoms with Gasteiger partial charge in [0.15, 0.2) is 0 Å². The average Bonchev–Trinajstić information content (AvgIpc) is 2.55. The molecule has 0 unspecified atom stereocenters. The van der Waals surface area contributed by atoms with Crippen molar-refractivity contribution in [3.63, 3.8) is 0 Å². The van der Waals surface area contributed by atoms with E-state index in [2.05, 4.69) is 13.2 Å². The molecule has 1 nitrogen and oxygen atoms in total. The molecule has 0 heterocycles. The summed E-state index contributed by atoms with van der Waals surface area (Å²) < 4.78 is 0. The lowest BCUT2D eigenvalue weighted by Gasteiger charge is -2.27. The average molecular weight is 220 g/mol. The molecule has 0 bridgehead atoms. The highest BCUT2D eigenvalue weighted by atomic mass is 16.1. The highest BCUT2D eigenvalue weighted by Gasteiger charge is 2.40. The standard InChI is InChI=1S/C15H24O/c1-12(2)7-10-15(11-8-13(3)4)9-5-6-14(15)16/h1,3,5-11H2,2,4H3. The van der Waals surface area contributed by atoms with Gasteiger partial charge in [0.25, 0.3) is 0 Å². The highest BCUT2D eigenvalue weighted by molar-refractivity contribution is 5.86. The molecule has 0 amide bonds. The molecule has 1 aliphatic carbocycles. The lowest BCUT2D eigenvalue weighted by molar-refractivity contribution is -0.126. The molecule has 90 valence electrons. The Labute approximate surface area is 99.6 Å². The van der Waals surface area contributed by atoms with Crippen molar-refractivity contribution in [1.82, 2.24) is 0 Å². The van der Waals surface area contributed by atoms with Crippen LogP contribution in [0.2, 0.25) is 0 Å². The first-order chi connectivity index (χ1) is 7.46. The SMILES string of the molecule is C=C(C)CCC1(CCC(=C)C)CCCC1=O. The fourth-order valence-electron chi connectivity index (χ4n) is 2.55. The van der Waals surface area contributed by atoms with Gasteiger partial charge in [0.2, 0.25) is 0 Å². The quantitative estimate of drug-likeness (QED) is 0.605. The molecular weight excluding hydrogens is 196 g/mol. The first-order valence-corrected chi connectivity index (χ1v) is 6.28. The Kier molecular flexibility index (Phi) is 4.52. The van der Waals surface area contributed by atoms with Gasteiger partial charge < -0.3 is 0 Å². The minimum Gasteiger partial charge on any atom is -0.299 e. The Balaban J connectivity index is 2.64. The number of allylic oxidation sites excluding steroid dienone is 2. The van der Waals surface area contributed by atoms with Crippen molar-refractivity contribution in [3.05, 3.63) is 24.3 Å². The van der Waals surface area contributed by atoms with Crippen LogP contribution in [0.4, 0.5) is 0 Å². The van der Waals surface area contributed by atoms with E-state index < -0.39 is 0 Å². The minimum atomic E-state index is -0.0437. The van der Waals surface area contributed by atoms with E-state index in [1.54, 1.807) is 0 Å². The Morgan fingerprint density at radius 3 is 2.00 bits per heavy atom. The summed E-state index contributed by atoms with van der Waals surface area (Å²) in [5, 5.41) is 0. The first-order valence-electron chi connectivity index (χ1n) is 6.28. The third-order valence-electron chi connectivity index (χ3n) is 3.71. The number of ketones is 1. The Morgan fingerprint density at radius 1 is 1.19 bits per heavy atom. The number of carbonyl (C=O) groups excluding carboxylic acids is 1. The van der Waals surface area contributed by atoms with Crippen LogP contribution in [0.5, 0.6) is 0 Å². The molecule has 0 N–H and O–H groups in total. The molecule has 0 radical (unpaired) electrons. The third kappa shape index (κ3) is 3.33. The molecule has 0 aromatic rings. The summed E-state index contributed by atoms with van der Waals surface area (Å²) in [6.45, 7) is 12.0. The lowest BCUT2D eigenvalue weighted by atomic mass is 9.75. The highest BCUT2D eigenvalue weighted by Crippen LogP contribution is 2.44. The van der Waals surface area contributed by atoms with E-state index in [9.17, 15) is 4.79 Å². The fourth-order valence-corrected chi connectivity index (χ4v) is 2.55. The van der Waals surface area contributed by atoms with Crippen LogP contribution in [0.15, 0.2) is 24.3 Å². The summed E-state index contributed by atoms with van der Waals surface area (Å²) in [6, 6.07) is 0. The van der Waals surface area contributed by atoms with E-state index in [0.717, 1.165) is 44.9 Å². The summed E-state index contributed by atoms with van der Waals surface area (Å²) in [4.78, 5) is 12.1. The van der Waals surface area contributed by atoms with Gasteiger partial charge >= 0.3 is 0 Å². The van der Waals surface area contributed by atoms with Crippen molar-refractivity contribution < 1.29 is 4.79 Å². The zero-order valence-electron chi connectivity index (χ0n) is 10.8. The van der Waals surface area contributed by atoms with Crippen molar-refractivity contribution in [2.75, 3.05) is 0 Å². The first kappa shape index (κ1) is 13.2. The third-order valence-corrected chi connectivity index (χ3v) is 3.71. The van der Waals surface area contributed by atoms with Gasteiger partial charge in [-0.2, -0.15) is 0 Å². The summed E-state index contributed by atoms with van der Waals surface area (Å²) in [5.74, 6) is 0.481. The summed E-state index contributed by atoms with van der Waals surface area (Å²) in [5.41, 5.74) is 2.33. The van der Waals surface area contributed by atoms with Gasteiger partial charge in [-0.15, -0.1) is 13.2 Å². The Hall–Kier alpha value is -0.850. The zero-order chi connectivity index (χ0) is 12.2. The number of hydrogen-bond donors (Lipinski definition) is 0. The topological polar surface area (TPSA) is 17.1 Å². The molecule has 0 saturated heterocycles. The predicted molar refractivity (Wildman–Crippen MR) is 69.4 cm³/mol. The summed E-state index contributed by atoms with van der Waals surface area (Å²) in [7, 11) is 0. The molecule has 1 fully saturated rings. The van der Waals surface area contributed by atoms with Gasteiger partial charge in [-0.3, -0.25) is 4.79 Å². The number of Topliss-reactive ketones (excluding diaryl/α,β-unsaturated/α-hetero) is 1. The van der Waals surface area contributed by atoms with Crippen molar-refractivity contribution in [3.8, 4) is 0 Å². The number of carbonyl (C=O) groups is 1. The normalized spacial score (nSPS) is 18.8. The van der Waals surface area contributed by atoms with Gasteiger partial charge in [0.1, 0.15) is 5.78 Å². The van der Waals surface area contributed by atoms with Crippen LogP contribution in [0.3, 0.4) is 0 Å². The van der Waals surface area contributed by atoms with Crippen LogP contribution in [0, 0.1) is 5.41 Å². The molecule has 1 rings (SSSR count). The van der Waals surface area contributed by atoms with Crippen LogP contribution < -0.4 is 0 Å². The second kappa shape index (κ2) is 5.47. The van der Waals surface area contributed by atoms with E-state index in [4.69, 9.17) is 0 Å². The van der Waals surface area contributed by atoms with Gasteiger partial charge in [-0.05, 0) is 52.4 Å². The Morgan fingerprint density at radius 2 is 1.69 bits per heavy atom. The molecule has 0 aromatic carbocycles. The van der Waals surface area contributed by atoms with Crippen LogP contribution in [-0.2, 0) is 4.79 Å². The van der Waals surface area contributed by atoms with Gasteiger partial charge in [-0.25, -0.2) is 0 Å². The molecular formula is C15H24O. The summed E-state index contributed by atoms with van der Waals surface area (Å²) in [6.07, 6.45) is 6.90. The van der Waals surface area contributed by atoms with E-state index in [-0.39, 0.29) is 5.41 Å². The molecule has 1 aliphatic rings. The molecule has 16 heavy (non-hydrogen) atoms. The number of hydrogen-bond acceptors (Lipinski definition) is 1. The monoisotopic (exact) mass is 220 g/mol. The minimum absolute atomic E-state index is 0.0437. The van der Waals surface area contributed by atoms with Crippen molar-refractivity contribution in [2.24, 2.45) is 5.41 Å². The van der Waals surface area contributed by atoms with Crippen LogP contribution >= 0.6 is 0 Å². The Bertz CT molecular complexity index is 281. The second-order valence-electron chi connectivity index (χ2n) is 5.47. The maximum atomic E-state index is 12.1. The maximum Gasteiger partial charge on any atom is 0.139 e. The molecule has 1 heteroatoms. The van der Waals surface area contributed by atoms with Crippen molar-refractivity contribution in [1.29, 1.82) is 0 Å². The van der Waals surface area contributed by atoms with E-state index in [1.807, 2.05) is 13.8 Å². The zero-order valence-corrected chi connectivity index (χ0v) is 10.8. The molecule has 0 spiro atoms. The molecule has 0 atom stereocenters. The molecule has 1 saturated carbocycles. The van der Waals surface area contributed by atoms with Crippen molar-refractivity contribution in [2.45, 2.75) is 58.8 Å². The summed E-state index contributed by atoms with van der Waals surface area (Å²) >= 11 is 0. The van der Waals surface area contributed by atoms with Gasteiger partial charge in [0, 0.05) is 11.8 Å². The van der Waals surface area contributed by atoms with Crippen LogP contribution in [0.1, 0.15) is 58.8 Å². The van der Waals surface area contributed by atoms with E-state index in [1.165, 1.54) is 11.1 Å². The van der Waals surface area contributed by atoms with Crippen LogP contribution in [-0.4, -0.2) is 5.78 Å². The maximum absolute atomic E-state index is 12.1. The largest absolute Gasteiger partial charge is 0.299 e. The van der Waals surface area contributed by atoms with E-state index >= 15 is 0 Å². The smallest absolute Gasteiger partial charge is 0.139 e. The molecule has 0 aromatic heterocycles. The number of rotatable bonds is 6. The van der Waals surface area contributed by atoms with Crippen LogP contribution in [0.25, 0.3) is 0 Å². The van der Waals surface area contributed by atoms with Crippen molar-refractivity contribution >= 4 is 5.78 Å². The molecule has 0 aliphatic heterocycles.